The van der Waals surface area contributed by atoms with Crippen LogP contribution < -0.4 is 9.47 Å². The number of ketones is 2. The van der Waals surface area contributed by atoms with Crippen LogP contribution in [0.1, 0.15) is 22.5 Å². The molecule has 2 heterocycles. The van der Waals surface area contributed by atoms with Crippen molar-refractivity contribution in [2.75, 3.05) is 14.2 Å². The molecule has 6 nitrogen and oxygen atoms in total. The average molecular weight is 584 g/mol. The van der Waals surface area contributed by atoms with E-state index in [0.717, 1.165) is 33.2 Å². The molecule has 5 rings (SSSR count). The van der Waals surface area contributed by atoms with Crippen molar-refractivity contribution in [2.24, 2.45) is 0 Å². The molecule has 172 valence electrons. The van der Waals surface area contributed by atoms with E-state index in [1.807, 2.05) is 50.2 Å². The second-order valence-corrected chi connectivity index (χ2v) is 9.70. The Hall–Kier alpha value is -3.10. The van der Waals surface area contributed by atoms with Gasteiger partial charge in [-0.1, -0.05) is 0 Å². The molecule has 0 radical (unpaired) electrons. The number of Topliss-reactive ketones (excluding diaryl/α,β-unsaturated/α-hetero) is 2. The molecule has 0 fully saturated rings. The molecule has 2 aromatic heterocycles. The zero-order valence-corrected chi connectivity index (χ0v) is 22.0. The first kappa shape index (κ1) is 22.7. The third-order valence-electron chi connectivity index (χ3n) is 6.18. The van der Waals surface area contributed by atoms with Crippen LogP contribution in [0.3, 0.4) is 0 Å². The van der Waals surface area contributed by atoms with Gasteiger partial charge in [0.15, 0.2) is 5.78 Å². The number of halogens is 2. The summed E-state index contributed by atoms with van der Waals surface area (Å²) in [5, 5.41) is 1.61. The van der Waals surface area contributed by atoms with E-state index in [2.05, 4.69) is 41.8 Å². The van der Waals surface area contributed by atoms with Gasteiger partial charge in [-0.3, -0.25) is 9.59 Å². The van der Waals surface area contributed by atoms with Crippen molar-refractivity contribution in [1.82, 2.24) is 9.97 Å². The molecule has 34 heavy (non-hydrogen) atoms. The minimum atomic E-state index is -0.294. The molecule has 0 saturated carbocycles. The van der Waals surface area contributed by atoms with E-state index in [0.29, 0.717) is 33.8 Å². The van der Waals surface area contributed by atoms with Crippen molar-refractivity contribution in [3.63, 3.8) is 0 Å². The number of aromatic amines is 2. The highest BCUT2D eigenvalue weighted by Gasteiger charge is 2.37. The second kappa shape index (κ2) is 8.29. The molecule has 0 amide bonds. The van der Waals surface area contributed by atoms with Crippen molar-refractivity contribution in [3.05, 3.63) is 67.9 Å². The third-order valence-corrected chi connectivity index (χ3v) is 7.69. The van der Waals surface area contributed by atoms with E-state index in [1.54, 1.807) is 14.2 Å². The molecular weight excluding hydrogens is 564 g/mol. The molecule has 0 atom stereocenters. The van der Waals surface area contributed by atoms with Crippen LogP contribution in [-0.4, -0.2) is 35.8 Å². The molecular formula is C26H20Br2N2O4. The summed E-state index contributed by atoms with van der Waals surface area (Å²) < 4.78 is 11.2. The van der Waals surface area contributed by atoms with Gasteiger partial charge in [-0.15, -0.1) is 0 Å². The highest BCUT2D eigenvalue weighted by molar-refractivity contribution is 9.13. The van der Waals surface area contributed by atoms with Gasteiger partial charge in [0.2, 0.25) is 5.78 Å². The number of fused-ring (bicyclic) bond motifs is 2. The number of ether oxygens (including phenoxy) is 2. The molecule has 2 aromatic carbocycles. The number of hydrogen-bond acceptors (Lipinski definition) is 4. The normalized spacial score (nSPS) is 14.6. The molecule has 0 spiro atoms. The third kappa shape index (κ3) is 3.27. The van der Waals surface area contributed by atoms with E-state index in [1.165, 1.54) is 0 Å². The second-order valence-electron chi connectivity index (χ2n) is 8.11. The fourth-order valence-corrected chi connectivity index (χ4v) is 6.02. The Morgan fingerprint density at radius 1 is 0.676 bits per heavy atom. The number of aryl methyl sites for hydroxylation is 2. The van der Waals surface area contributed by atoms with E-state index in [9.17, 15) is 9.59 Å². The topological polar surface area (TPSA) is 84.2 Å². The zero-order chi connectivity index (χ0) is 24.3. The van der Waals surface area contributed by atoms with Crippen LogP contribution in [0.4, 0.5) is 0 Å². The maximum Gasteiger partial charge on any atom is 0.208 e. The SMILES string of the molecule is COc1ccc2[nH]c(C)c(C3=C(Br)C(=O)C(Br)=C(c4c(C)[nH]c5ccc(OC)cc45)C3=O)c2c1. The Labute approximate surface area is 212 Å². The van der Waals surface area contributed by atoms with Gasteiger partial charge in [-0.2, -0.15) is 0 Å². The molecule has 0 unspecified atom stereocenters. The van der Waals surface area contributed by atoms with Crippen LogP contribution in [0, 0.1) is 13.8 Å². The summed E-state index contributed by atoms with van der Waals surface area (Å²) in [6, 6.07) is 11.2. The fraction of sp³-hybridized carbons (Fsp3) is 0.154. The van der Waals surface area contributed by atoms with E-state index < -0.39 is 0 Å². The number of H-pyrrole nitrogens is 2. The first-order valence-corrected chi connectivity index (χ1v) is 12.1. The Morgan fingerprint density at radius 2 is 1.09 bits per heavy atom. The highest BCUT2D eigenvalue weighted by atomic mass is 79.9. The fourth-order valence-electron chi connectivity index (χ4n) is 4.60. The number of rotatable bonds is 4. The first-order chi connectivity index (χ1) is 16.3. The first-order valence-electron chi connectivity index (χ1n) is 10.5. The maximum absolute atomic E-state index is 14.2. The monoisotopic (exact) mass is 582 g/mol. The number of allylic oxidation sites excluding steroid dienone is 4. The smallest absolute Gasteiger partial charge is 0.208 e. The summed E-state index contributed by atoms with van der Waals surface area (Å²) >= 11 is 6.86. The molecule has 1 aliphatic rings. The summed E-state index contributed by atoms with van der Waals surface area (Å²) in [4.78, 5) is 34.2. The number of hydrogen-bond donors (Lipinski definition) is 2. The van der Waals surface area contributed by atoms with Crippen molar-refractivity contribution in [3.8, 4) is 11.5 Å². The van der Waals surface area contributed by atoms with Gasteiger partial charge in [0.05, 0.1) is 34.3 Å². The van der Waals surface area contributed by atoms with Crippen molar-refractivity contribution < 1.29 is 19.1 Å². The van der Waals surface area contributed by atoms with Crippen LogP contribution in [0.15, 0.2) is 45.4 Å². The van der Waals surface area contributed by atoms with Crippen LogP contribution in [-0.2, 0) is 9.59 Å². The summed E-state index contributed by atoms with van der Waals surface area (Å²) in [5.74, 6) is 0.779. The van der Waals surface area contributed by atoms with Crippen LogP contribution in [0.25, 0.3) is 33.0 Å². The van der Waals surface area contributed by atoms with Gasteiger partial charge in [-0.25, -0.2) is 0 Å². The molecule has 0 saturated heterocycles. The standard InChI is InChI=1S/C26H20Br2N2O4/c1-11-19(15-9-13(33-3)5-7-17(15)29-11)21-23(27)26(32)24(28)22(25(21)31)20-12(2)30-18-8-6-14(34-4)10-16(18)20/h5-10,29-30H,1-4H3. The summed E-state index contributed by atoms with van der Waals surface area (Å²) in [6.45, 7) is 3.78. The van der Waals surface area contributed by atoms with Crippen LogP contribution in [0.2, 0.25) is 0 Å². The van der Waals surface area contributed by atoms with Gasteiger partial charge < -0.3 is 19.4 Å². The number of nitrogens with one attached hydrogen (secondary N) is 2. The number of aromatic nitrogens is 2. The lowest BCUT2D eigenvalue weighted by molar-refractivity contribution is -0.113. The van der Waals surface area contributed by atoms with Crippen molar-refractivity contribution in [2.45, 2.75) is 13.8 Å². The number of methoxy groups -OCH3 is 2. The predicted molar refractivity (Wildman–Crippen MR) is 141 cm³/mol. The zero-order valence-electron chi connectivity index (χ0n) is 18.9. The van der Waals surface area contributed by atoms with Crippen molar-refractivity contribution in [1.29, 1.82) is 0 Å². The highest BCUT2D eigenvalue weighted by Crippen LogP contribution is 2.46. The Morgan fingerprint density at radius 3 is 1.47 bits per heavy atom. The van der Waals surface area contributed by atoms with Crippen LogP contribution in [0.5, 0.6) is 11.5 Å². The number of carbonyl (C=O) groups excluding carboxylic acids is 2. The lowest BCUT2D eigenvalue weighted by Crippen LogP contribution is -2.19. The molecule has 0 aliphatic heterocycles. The Balaban J connectivity index is 1.78. The lowest BCUT2D eigenvalue weighted by atomic mass is 9.85. The van der Waals surface area contributed by atoms with Crippen molar-refractivity contribution >= 4 is 76.4 Å². The molecule has 2 N–H and O–H groups in total. The van der Waals surface area contributed by atoms with Gasteiger partial charge in [0.25, 0.3) is 0 Å². The van der Waals surface area contributed by atoms with E-state index in [4.69, 9.17) is 9.47 Å². The average Bonchev–Trinajstić information content (AvgIpc) is 3.32. The summed E-state index contributed by atoms with van der Waals surface area (Å²) in [7, 11) is 3.19. The molecule has 8 heteroatoms. The van der Waals surface area contributed by atoms with Crippen LogP contribution >= 0.6 is 31.9 Å². The quantitative estimate of drug-likeness (QED) is 0.274. The van der Waals surface area contributed by atoms with Gasteiger partial charge >= 0.3 is 0 Å². The number of benzene rings is 2. The molecule has 1 aliphatic carbocycles. The van der Waals surface area contributed by atoms with E-state index in [-0.39, 0.29) is 20.5 Å². The van der Waals surface area contributed by atoms with E-state index >= 15 is 0 Å². The van der Waals surface area contributed by atoms with Gasteiger partial charge in [0.1, 0.15) is 11.5 Å². The molecule has 0 bridgehead atoms. The lowest BCUT2D eigenvalue weighted by Gasteiger charge is -2.20. The maximum atomic E-state index is 14.2. The summed E-state index contributed by atoms with van der Waals surface area (Å²) in [5.41, 5.74) is 5.25. The van der Waals surface area contributed by atoms with Gasteiger partial charge in [0, 0.05) is 44.3 Å². The summed E-state index contributed by atoms with van der Waals surface area (Å²) in [6.07, 6.45) is 0. The Bertz CT molecular complexity index is 1490. The molecule has 4 aromatic rings. The predicted octanol–water partition coefficient (Wildman–Crippen LogP) is 6.35. The van der Waals surface area contributed by atoms with Gasteiger partial charge in [-0.05, 0) is 82.1 Å². The largest absolute Gasteiger partial charge is 0.497 e. The number of carbonyl (C=O) groups is 2. The Kier molecular flexibility index (Phi) is 5.53. The minimum absolute atomic E-state index is 0.218. The minimum Gasteiger partial charge on any atom is -0.497 e.